The summed E-state index contributed by atoms with van der Waals surface area (Å²) in [5.74, 6) is 0. The molecule has 264 valence electrons. The third-order valence-corrected chi connectivity index (χ3v) is 14.2. The van der Waals surface area contributed by atoms with Crippen LogP contribution in [0.2, 0.25) is 0 Å². The number of hydrogen-bond acceptors (Lipinski definition) is 1. The minimum Gasteiger partial charge on any atom is -0.354 e. The van der Waals surface area contributed by atoms with Crippen LogP contribution >= 0.6 is 0 Å². The van der Waals surface area contributed by atoms with Gasteiger partial charge < -0.3 is 9.88 Å². The summed E-state index contributed by atoms with van der Waals surface area (Å²) in [6.07, 6.45) is 2.41. The van der Waals surface area contributed by atoms with Crippen LogP contribution in [0.3, 0.4) is 0 Å². The summed E-state index contributed by atoms with van der Waals surface area (Å²) in [4.78, 5) is 0. The monoisotopic (exact) mass is 706 g/mol. The van der Waals surface area contributed by atoms with Gasteiger partial charge in [0.15, 0.2) is 7.28 Å². The predicted molar refractivity (Wildman–Crippen MR) is 233 cm³/mol. The van der Waals surface area contributed by atoms with E-state index < -0.39 is 5.41 Å². The van der Waals surface area contributed by atoms with Gasteiger partial charge in [0.1, 0.15) is 0 Å². The molecular weight excluding hydrogens is 663 g/mol. The Labute approximate surface area is 324 Å². The van der Waals surface area contributed by atoms with E-state index in [1.807, 2.05) is 0 Å². The van der Waals surface area contributed by atoms with Crippen molar-refractivity contribution in [2.45, 2.75) is 63.7 Å². The fraction of sp³-hybridized carbons (Fsp3) is 0.192. The molecule has 3 heteroatoms. The molecule has 2 aliphatic heterocycles. The number of para-hydroxylation sites is 3. The van der Waals surface area contributed by atoms with E-state index in [4.69, 9.17) is 0 Å². The molecule has 2 nitrogen and oxygen atoms in total. The molecule has 0 fully saturated rings. The second-order valence-electron chi connectivity index (χ2n) is 18.0. The zero-order valence-electron chi connectivity index (χ0n) is 32.3. The SMILES string of the molecule is Cc1cc(-c2cccc3c2Nc2ccccc2C32c3ccccc3-c3ccccc32)c2c3c1c1cc4c(cc1n3-c1ccccc1B2)C(C)(C)CCC4(C)C. The summed E-state index contributed by atoms with van der Waals surface area (Å²) in [7, 11) is 0.895. The molecule has 3 heterocycles. The Hall–Kier alpha value is -5.80. The first-order valence-corrected chi connectivity index (χ1v) is 20.1. The maximum absolute atomic E-state index is 4.07. The first-order chi connectivity index (χ1) is 26.7. The number of aromatic nitrogens is 1. The van der Waals surface area contributed by atoms with Crippen molar-refractivity contribution in [2.75, 3.05) is 5.32 Å². The molecule has 0 amide bonds. The topological polar surface area (TPSA) is 17.0 Å². The fourth-order valence-corrected chi connectivity index (χ4v) is 11.5. The molecule has 1 aromatic heterocycles. The summed E-state index contributed by atoms with van der Waals surface area (Å²) >= 11 is 0. The molecule has 0 radical (unpaired) electrons. The fourth-order valence-electron chi connectivity index (χ4n) is 11.5. The Balaban J connectivity index is 1.20. The quantitative estimate of drug-likeness (QED) is 0.168. The number of benzene rings is 7. The smallest absolute Gasteiger partial charge is 0.198 e. The minimum absolute atomic E-state index is 0.130. The van der Waals surface area contributed by atoms with E-state index in [2.05, 4.69) is 178 Å². The van der Waals surface area contributed by atoms with Crippen molar-refractivity contribution in [3.63, 3.8) is 0 Å². The number of nitrogens with zero attached hydrogens (tertiary/aromatic N) is 1. The molecule has 0 bridgehead atoms. The van der Waals surface area contributed by atoms with Gasteiger partial charge in [-0.15, -0.1) is 0 Å². The lowest BCUT2D eigenvalue weighted by molar-refractivity contribution is 0.332. The van der Waals surface area contributed by atoms with E-state index in [0.717, 1.165) is 7.28 Å². The zero-order chi connectivity index (χ0) is 37.0. The largest absolute Gasteiger partial charge is 0.354 e. The first kappa shape index (κ1) is 31.5. The number of fused-ring (bicyclic) bond motifs is 15. The van der Waals surface area contributed by atoms with Crippen molar-refractivity contribution < 1.29 is 0 Å². The summed E-state index contributed by atoms with van der Waals surface area (Å²) in [6, 6.07) is 51.1. The van der Waals surface area contributed by atoms with E-state index >= 15 is 0 Å². The van der Waals surface area contributed by atoms with Gasteiger partial charge >= 0.3 is 0 Å². The standard InChI is InChI=1S/C52H43BN2/c1-30-27-34(47-49-46(30)35-28-40-41(51(4,5)26-25-50(40,2)3)29-45(35)55(49)44-24-13-11-22-42(44)53-47)33-17-14-21-39-48(33)54-43-23-12-10-20-38(43)52(39)36-18-8-6-15-31(36)32-16-7-9-19-37(32)52/h6-24,27-29,53-54H,25-26H2,1-5H3. The highest BCUT2D eigenvalue weighted by molar-refractivity contribution is 6.73. The van der Waals surface area contributed by atoms with Crippen LogP contribution < -0.4 is 16.2 Å². The van der Waals surface area contributed by atoms with Gasteiger partial charge in [-0.3, -0.25) is 0 Å². The van der Waals surface area contributed by atoms with Crippen LogP contribution in [0, 0.1) is 6.92 Å². The predicted octanol–water partition coefficient (Wildman–Crippen LogP) is 11.2. The van der Waals surface area contributed by atoms with E-state index in [-0.39, 0.29) is 10.8 Å². The molecule has 55 heavy (non-hydrogen) atoms. The van der Waals surface area contributed by atoms with E-state index in [1.54, 1.807) is 0 Å². The van der Waals surface area contributed by atoms with Crippen LogP contribution in [-0.4, -0.2) is 11.8 Å². The number of hydrogen-bond donors (Lipinski definition) is 1. The molecule has 0 atom stereocenters. The average molecular weight is 707 g/mol. The van der Waals surface area contributed by atoms with E-state index in [1.165, 1.54) is 124 Å². The normalized spacial score (nSPS) is 17.0. The Bertz CT molecular complexity index is 2970. The zero-order valence-corrected chi connectivity index (χ0v) is 32.3. The average Bonchev–Trinajstić information content (AvgIpc) is 3.70. The summed E-state index contributed by atoms with van der Waals surface area (Å²) in [5, 5.41) is 6.86. The first-order valence-electron chi connectivity index (χ1n) is 20.1. The van der Waals surface area contributed by atoms with Crippen LogP contribution in [0.5, 0.6) is 0 Å². The minimum atomic E-state index is -0.434. The molecule has 0 saturated heterocycles. The number of nitrogens with one attached hydrogen (secondary N) is 1. The number of anilines is 2. The number of rotatable bonds is 1. The highest BCUT2D eigenvalue weighted by Crippen LogP contribution is 2.62. The third-order valence-electron chi connectivity index (χ3n) is 14.2. The highest BCUT2D eigenvalue weighted by Gasteiger charge is 2.50. The molecule has 4 aliphatic rings. The van der Waals surface area contributed by atoms with Gasteiger partial charge in [-0.25, -0.2) is 0 Å². The van der Waals surface area contributed by atoms with Crippen molar-refractivity contribution in [3.05, 3.63) is 172 Å². The molecule has 0 unspecified atom stereocenters. The highest BCUT2D eigenvalue weighted by atomic mass is 15.0. The van der Waals surface area contributed by atoms with Crippen LogP contribution in [0.1, 0.15) is 79.5 Å². The van der Waals surface area contributed by atoms with Crippen molar-refractivity contribution in [3.8, 4) is 27.9 Å². The summed E-state index contributed by atoms with van der Waals surface area (Å²) in [5.41, 5.74) is 24.0. The second kappa shape index (κ2) is 10.5. The maximum atomic E-state index is 4.07. The molecule has 7 aromatic carbocycles. The van der Waals surface area contributed by atoms with Gasteiger partial charge in [-0.1, -0.05) is 142 Å². The van der Waals surface area contributed by atoms with Crippen LogP contribution in [-0.2, 0) is 16.2 Å². The van der Waals surface area contributed by atoms with Gasteiger partial charge in [-0.05, 0) is 116 Å². The van der Waals surface area contributed by atoms with Gasteiger partial charge in [0.05, 0.1) is 16.6 Å². The van der Waals surface area contributed by atoms with Gasteiger partial charge in [0.2, 0.25) is 0 Å². The molecule has 12 rings (SSSR count). The van der Waals surface area contributed by atoms with Crippen LogP contribution in [0.25, 0.3) is 49.7 Å². The van der Waals surface area contributed by atoms with Crippen LogP contribution in [0.4, 0.5) is 11.4 Å². The summed E-state index contributed by atoms with van der Waals surface area (Å²) < 4.78 is 2.64. The second-order valence-corrected chi connectivity index (χ2v) is 18.0. The van der Waals surface area contributed by atoms with Crippen molar-refractivity contribution in [1.29, 1.82) is 0 Å². The molecule has 8 aromatic rings. The van der Waals surface area contributed by atoms with Gasteiger partial charge in [-0.2, -0.15) is 0 Å². The van der Waals surface area contributed by atoms with Crippen molar-refractivity contribution in [1.82, 2.24) is 4.57 Å². The Morgan fingerprint density at radius 1 is 0.564 bits per heavy atom. The third kappa shape index (κ3) is 3.86. The lowest BCUT2D eigenvalue weighted by Crippen LogP contribution is -2.37. The molecule has 1 N–H and O–H groups in total. The molecule has 2 aliphatic carbocycles. The lowest BCUT2D eigenvalue weighted by Gasteiger charge is -2.42. The van der Waals surface area contributed by atoms with E-state index in [0.29, 0.717) is 0 Å². The van der Waals surface area contributed by atoms with Crippen molar-refractivity contribution in [2.24, 2.45) is 0 Å². The van der Waals surface area contributed by atoms with Gasteiger partial charge in [0, 0.05) is 33.2 Å². The number of aryl methyl sites for hydroxylation is 1. The Kier molecular flexibility index (Phi) is 6.01. The molecule has 0 saturated carbocycles. The lowest BCUT2D eigenvalue weighted by atomic mass is 9.58. The van der Waals surface area contributed by atoms with Crippen molar-refractivity contribution >= 4 is 51.4 Å². The Morgan fingerprint density at radius 2 is 1.16 bits per heavy atom. The molecular formula is C52H43BN2. The van der Waals surface area contributed by atoms with E-state index in [9.17, 15) is 0 Å². The van der Waals surface area contributed by atoms with Crippen LogP contribution in [0.15, 0.2) is 133 Å². The van der Waals surface area contributed by atoms with Gasteiger partial charge in [0.25, 0.3) is 0 Å². The Morgan fingerprint density at radius 3 is 1.91 bits per heavy atom. The molecule has 1 spiro atoms. The summed E-state index contributed by atoms with van der Waals surface area (Å²) in [6.45, 7) is 12.2. The maximum Gasteiger partial charge on any atom is 0.198 e.